The van der Waals surface area contributed by atoms with E-state index in [-0.39, 0.29) is 81.8 Å². The molecule has 332 valence electrons. The van der Waals surface area contributed by atoms with Gasteiger partial charge < -0.3 is 43.8 Å². The van der Waals surface area contributed by atoms with Gasteiger partial charge in [-0.2, -0.15) is 0 Å². The van der Waals surface area contributed by atoms with Crippen LogP contribution in [0.15, 0.2) is 96.2 Å². The number of aliphatic hydroxyl groups is 3. The third-order valence-electron chi connectivity index (χ3n) is 11.7. The van der Waals surface area contributed by atoms with E-state index in [9.17, 15) is 35.0 Å². The Bertz CT molecular complexity index is 2070. The van der Waals surface area contributed by atoms with E-state index in [2.05, 4.69) is 17.8 Å². The van der Waals surface area contributed by atoms with Crippen LogP contribution in [0, 0.1) is 27.9 Å². The third kappa shape index (κ3) is 10.3. The number of hydrogen-bond donors (Lipinski definition) is 3. The lowest BCUT2D eigenvalue weighted by Gasteiger charge is -2.59. The predicted molar refractivity (Wildman–Crippen MR) is 228 cm³/mol. The van der Waals surface area contributed by atoms with Gasteiger partial charge in [-0.1, -0.05) is 42.3 Å². The lowest BCUT2D eigenvalue weighted by molar-refractivity contribution is -0.384. The van der Waals surface area contributed by atoms with Crippen molar-refractivity contribution in [3.05, 3.63) is 112 Å². The summed E-state index contributed by atoms with van der Waals surface area (Å²) in [5.74, 6) is -1.13. The van der Waals surface area contributed by atoms with Gasteiger partial charge in [0.2, 0.25) is 5.79 Å². The molecule has 1 heterocycles. The highest BCUT2D eigenvalue weighted by molar-refractivity contribution is 6.03. The molecule has 3 aromatic carbocycles. The number of nitrogens with zero attached hydrogens (tertiary/aromatic N) is 3. The molecule has 3 aliphatic rings. The second-order valence-electron chi connectivity index (χ2n) is 15.4. The fraction of sp³-hybridized carbons (Fsp3) is 0.457. The highest BCUT2D eigenvalue weighted by Gasteiger charge is 2.65. The summed E-state index contributed by atoms with van der Waals surface area (Å²) in [6.45, 7) is 3.79. The molecule has 3 aromatic rings. The zero-order valence-corrected chi connectivity index (χ0v) is 34.8. The summed E-state index contributed by atoms with van der Waals surface area (Å²) in [6.07, 6.45) is 7.98. The normalized spacial score (nSPS) is 22.9. The summed E-state index contributed by atoms with van der Waals surface area (Å²) in [5, 5.41) is 45.2. The van der Waals surface area contributed by atoms with E-state index < -0.39 is 28.8 Å². The average molecular weight is 858 g/mol. The molecule has 0 saturated heterocycles. The van der Waals surface area contributed by atoms with Gasteiger partial charge in [-0.15, -0.1) is 6.58 Å². The smallest absolute Gasteiger partial charge is 0.415 e. The van der Waals surface area contributed by atoms with Crippen LogP contribution in [0.3, 0.4) is 0 Å². The zero-order valence-electron chi connectivity index (χ0n) is 34.8. The van der Waals surface area contributed by atoms with Crippen LogP contribution >= 0.6 is 0 Å². The maximum atomic E-state index is 14.6. The van der Waals surface area contributed by atoms with Crippen molar-refractivity contribution in [2.45, 2.75) is 62.7 Å². The number of benzene rings is 3. The quantitative estimate of drug-likeness (QED) is 0.0290. The van der Waals surface area contributed by atoms with E-state index in [1.165, 1.54) is 36.3 Å². The van der Waals surface area contributed by atoms with Crippen molar-refractivity contribution < 1.29 is 58.4 Å². The Morgan fingerprint density at radius 2 is 1.73 bits per heavy atom. The standard InChI is InChI=1S/C46H55N3O13/c1-3-23-59-46-42(48(19-24-58-25-22-52)45(54)61-34-15-13-33(14-16-34)49(55)56)29-40(47-57-2)38-27-32(10-4-6-20-50)37(12-5-7-21-51)43(44(38)46)39-28-36(17-18-41(39)62-46)60-35-11-8-9-31(26-35)30-53/h3,8-9,11,13-18,26-28,30,32,37,42-44,50-52H,1,4-7,10,12,19-25,29H2,2H3. The van der Waals surface area contributed by atoms with Crippen LogP contribution in [0.5, 0.6) is 23.0 Å². The first kappa shape index (κ1) is 45.9. The first-order valence-corrected chi connectivity index (χ1v) is 21.0. The number of fused-ring (bicyclic) bond motifs is 2. The summed E-state index contributed by atoms with van der Waals surface area (Å²) in [6, 6.07) is 16.6. The molecular formula is C46H55N3O13. The predicted octanol–water partition coefficient (Wildman–Crippen LogP) is 6.97. The maximum absolute atomic E-state index is 14.6. The molecule has 1 fully saturated rings. The monoisotopic (exact) mass is 857 g/mol. The number of aliphatic hydroxyl groups excluding tert-OH is 3. The number of amides is 1. The number of nitro groups is 1. The highest BCUT2D eigenvalue weighted by atomic mass is 16.7. The highest BCUT2D eigenvalue weighted by Crippen LogP contribution is 2.62. The van der Waals surface area contributed by atoms with Crippen molar-refractivity contribution >= 4 is 23.8 Å². The molecule has 2 aliphatic carbocycles. The van der Waals surface area contributed by atoms with E-state index in [1.54, 1.807) is 36.4 Å². The van der Waals surface area contributed by atoms with Gasteiger partial charge in [-0.05, 0) is 85.6 Å². The van der Waals surface area contributed by atoms with Gasteiger partial charge in [0.05, 0.1) is 43.0 Å². The summed E-state index contributed by atoms with van der Waals surface area (Å²) in [5.41, 5.74) is 2.49. The van der Waals surface area contributed by atoms with Gasteiger partial charge in [0.25, 0.3) is 5.69 Å². The molecule has 0 radical (unpaired) electrons. The second-order valence-corrected chi connectivity index (χ2v) is 15.4. The van der Waals surface area contributed by atoms with Crippen LogP contribution in [0.4, 0.5) is 10.5 Å². The first-order valence-electron chi connectivity index (χ1n) is 21.0. The largest absolute Gasteiger partial charge is 0.459 e. The van der Waals surface area contributed by atoms with Crippen LogP contribution in [-0.4, -0.2) is 108 Å². The third-order valence-corrected chi connectivity index (χ3v) is 11.7. The SMILES string of the molecule is C=CCOC12Oc3ccc(Oc4cccc(C=O)c4)cc3C3C(CCCCO)C(CCCCO)C=C(C(=NOC)CC1N(CCOCCO)C(=O)Oc1ccc([N+](=O)[O-])cc1)C32. The Labute approximate surface area is 360 Å². The number of allylic oxidation sites excluding steroid dienone is 1. The van der Waals surface area contributed by atoms with Gasteiger partial charge in [-0.3, -0.25) is 19.8 Å². The minimum absolute atomic E-state index is 0.00316. The average Bonchev–Trinajstić information content (AvgIpc) is 3.27. The minimum atomic E-state index is -1.61. The zero-order chi connectivity index (χ0) is 44.1. The molecule has 1 aliphatic heterocycles. The van der Waals surface area contributed by atoms with E-state index in [0.717, 1.165) is 30.3 Å². The van der Waals surface area contributed by atoms with Crippen molar-refractivity contribution in [1.82, 2.24) is 4.90 Å². The summed E-state index contributed by atoms with van der Waals surface area (Å²) < 4.78 is 32.1. The Morgan fingerprint density at radius 1 is 0.984 bits per heavy atom. The molecule has 6 unspecified atom stereocenters. The molecule has 0 spiro atoms. The van der Waals surface area contributed by atoms with Crippen LogP contribution in [-0.2, 0) is 14.3 Å². The molecule has 1 saturated carbocycles. The molecule has 62 heavy (non-hydrogen) atoms. The van der Waals surface area contributed by atoms with Crippen LogP contribution in [0.1, 0.15) is 66.8 Å². The van der Waals surface area contributed by atoms with Crippen LogP contribution in [0.2, 0.25) is 0 Å². The van der Waals surface area contributed by atoms with Crippen molar-refractivity contribution in [2.24, 2.45) is 22.9 Å². The number of non-ortho nitro benzene ring substituents is 1. The topological polar surface area (TPSA) is 209 Å². The van der Waals surface area contributed by atoms with E-state index in [1.807, 2.05) is 12.1 Å². The Kier molecular flexibility index (Phi) is 16.2. The Balaban J connectivity index is 1.55. The molecule has 6 atom stereocenters. The Hall–Kier alpha value is -5.65. The number of nitro benzene ring substituents is 1. The van der Waals surface area contributed by atoms with E-state index in [0.29, 0.717) is 54.2 Å². The van der Waals surface area contributed by atoms with Crippen molar-refractivity contribution in [2.75, 3.05) is 53.3 Å². The Morgan fingerprint density at radius 3 is 2.42 bits per heavy atom. The molecule has 16 nitrogen and oxygen atoms in total. The lowest BCUT2D eigenvalue weighted by atomic mass is 9.55. The summed E-state index contributed by atoms with van der Waals surface area (Å²) in [4.78, 5) is 44.0. The molecule has 3 N–H and O–H groups in total. The fourth-order valence-corrected chi connectivity index (χ4v) is 9.11. The van der Waals surface area contributed by atoms with E-state index >= 15 is 0 Å². The van der Waals surface area contributed by atoms with Gasteiger partial charge in [-0.25, -0.2) is 4.79 Å². The van der Waals surface area contributed by atoms with Crippen molar-refractivity contribution in [1.29, 1.82) is 0 Å². The van der Waals surface area contributed by atoms with E-state index in [4.69, 9.17) is 28.5 Å². The molecule has 0 aromatic heterocycles. The van der Waals surface area contributed by atoms with Crippen LogP contribution < -0.4 is 14.2 Å². The van der Waals surface area contributed by atoms with Crippen LogP contribution in [0.25, 0.3) is 0 Å². The van der Waals surface area contributed by atoms with Gasteiger partial charge in [0.15, 0.2) is 0 Å². The number of carbonyl (C=O) groups excluding carboxylic acids is 2. The number of aldehydes is 1. The minimum Gasteiger partial charge on any atom is -0.459 e. The lowest BCUT2D eigenvalue weighted by Crippen LogP contribution is -2.70. The maximum Gasteiger partial charge on any atom is 0.415 e. The summed E-state index contributed by atoms with van der Waals surface area (Å²) in [7, 11) is 1.45. The first-order chi connectivity index (χ1) is 30.2. The fourth-order valence-electron chi connectivity index (χ4n) is 9.11. The second kappa shape index (κ2) is 21.9. The number of oxime groups is 1. The molecule has 1 amide bonds. The molecule has 0 bridgehead atoms. The van der Waals surface area contributed by atoms with Crippen molar-refractivity contribution in [3.8, 4) is 23.0 Å². The number of hydrogen-bond acceptors (Lipinski definition) is 14. The molecular weight excluding hydrogens is 803 g/mol. The summed E-state index contributed by atoms with van der Waals surface area (Å²) >= 11 is 0. The van der Waals surface area contributed by atoms with Crippen molar-refractivity contribution in [3.63, 3.8) is 0 Å². The van der Waals surface area contributed by atoms with Gasteiger partial charge in [0, 0.05) is 55.4 Å². The molecule has 16 heteroatoms. The van der Waals surface area contributed by atoms with Gasteiger partial charge >= 0.3 is 6.09 Å². The number of unbranched alkanes of at least 4 members (excludes halogenated alkanes) is 2. The molecule has 6 rings (SSSR count). The number of rotatable bonds is 23. The number of carbonyl (C=O) groups is 2. The van der Waals surface area contributed by atoms with Gasteiger partial charge in [0.1, 0.15) is 42.4 Å². The number of ether oxygens (including phenoxy) is 5.